The van der Waals surface area contributed by atoms with E-state index in [4.69, 9.17) is 0 Å². The number of guanidine groups is 1. The van der Waals surface area contributed by atoms with Gasteiger partial charge in [0.25, 0.3) is 0 Å². The fourth-order valence-corrected chi connectivity index (χ4v) is 1.79. The standard InChI is InChI=1S/C16H23F2N3O.HI/c1-3-5-8-11-20-16(19-4-2)21-12-13-9-6-7-10-14(13)22-15(17)18;/h3,5-7,9-10,15H,4,8,11-12H2,1-2H3,(H2,19,20,21);1H/b5-3+;. The number of nitrogens with zero attached hydrogens (tertiary/aromatic N) is 1. The maximum Gasteiger partial charge on any atom is 0.387 e. The van der Waals surface area contributed by atoms with Gasteiger partial charge in [-0.05, 0) is 26.3 Å². The van der Waals surface area contributed by atoms with Crippen molar-refractivity contribution in [3.8, 4) is 5.75 Å². The van der Waals surface area contributed by atoms with Gasteiger partial charge >= 0.3 is 6.61 Å². The fourth-order valence-electron chi connectivity index (χ4n) is 1.79. The van der Waals surface area contributed by atoms with E-state index >= 15 is 0 Å². The number of alkyl halides is 2. The molecule has 0 bridgehead atoms. The van der Waals surface area contributed by atoms with Crippen LogP contribution in [-0.4, -0.2) is 25.7 Å². The zero-order valence-electron chi connectivity index (χ0n) is 13.4. The third-order valence-electron chi connectivity index (χ3n) is 2.78. The van der Waals surface area contributed by atoms with E-state index in [1.807, 2.05) is 19.9 Å². The summed E-state index contributed by atoms with van der Waals surface area (Å²) >= 11 is 0. The lowest BCUT2D eigenvalue weighted by Crippen LogP contribution is -2.37. The third kappa shape index (κ3) is 9.37. The number of rotatable bonds is 8. The summed E-state index contributed by atoms with van der Waals surface area (Å²) in [6, 6.07) is 6.68. The first kappa shape index (κ1) is 21.6. The van der Waals surface area contributed by atoms with Gasteiger partial charge in [0.1, 0.15) is 5.75 Å². The molecule has 0 aromatic heterocycles. The quantitative estimate of drug-likeness (QED) is 0.212. The van der Waals surface area contributed by atoms with E-state index in [2.05, 4.69) is 26.4 Å². The Morgan fingerprint density at radius 3 is 2.70 bits per heavy atom. The van der Waals surface area contributed by atoms with Crippen molar-refractivity contribution < 1.29 is 13.5 Å². The van der Waals surface area contributed by atoms with Crippen LogP contribution in [0.5, 0.6) is 5.75 Å². The molecule has 2 N–H and O–H groups in total. The largest absolute Gasteiger partial charge is 0.434 e. The van der Waals surface area contributed by atoms with Crippen LogP contribution in [0, 0.1) is 0 Å². The molecule has 1 aromatic rings. The topological polar surface area (TPSA) is 45.7 Å². The fraction of sp³-hybridized carbons (Fsp3) is 0.438. The Balaban J connectivity index is 0.00000484. The van der Waals surface area contributed by atoms with Crippen molar-refractivity contribution in [2.24, 2.45) is 4.99 Å². The van der Waals surface area contributed by atoms with Crippen LogP contribution in [0.1, 0.15) is 25.8 Å². The average Bonchev–Trinajstić information content (AvgIpc) is 2.49. The molecule has 0 amide bonds. The molecule has 0 fully saturated rings. The summed E-state index contributed by atoms with van der Waals surface area (Å²) in [7, 11) is 0. The normalized spacial score (nSPS) is 11.4. The molecule has 0 saturated carbocycles. The molecule has 4 nitrogen and oxygen atoms in total. The third-order valence-corrected chi connectivity index (χ3v) is 2.78. The van der Waals surface area contributed by atoms with Crippen LogP contribution in [0.3, 0.4) is 0 Å². The summed E-state index contributed by atoms with van der Waals surface area (Å²) in [5, 5.41) is 6.30. The monoisotopic (exact) mass is 439 g/mol. The maximum atomic E-state index is 12.4. The van der Waals surface area contributed by atoms with Crippen LogP contribution in [0.4, 0.5) is 8.78 Å². The smallest absolute Gasteiger partial charge is 0.387 e. The molecule has 0 heterocycles. The van der Waals surface area contributed by atoms with Crippen molar-refractivity contribution >= 4 is 29.9 Å². The van der Waals surface area contributed by atoms with Gasteiger partial charge in [0.2, 0.25) is 0 Å². The molecule has 0 saturated heterocycles. The molecule has 0 aliphatic carbocycles. The molecule has 0 aliphatic heterocycles. The molecular weight excluding hydrogens is 415 g/mol. The molecule has 0 unspecified atom stereocenters. The highest BCUT2D eigenvalue weighted by atomic mass is 127. The minimum Gasteiger partial charge on any atom is -0.434 e. The Kier molecular flexibility index (Phi) is 12.3. The zero-order chi connectivity index (χ0) is 16.2. The summed E-state index contributed by atoms with van der Waals surface area (Å²) in [4.78, 5) is 4.39. The summed E-state index contributed by atoms with van der Waals surface area (Å²) in [6.45, 7) is 2.85. The predicted molar refractivity (Wildman–Crippen MR) is 101 cm³/mol. The van der Waals surface area contributed by atoms with E-state index in [9.17, 15) is 8.78 Å². The Morgan fingerprint density at radius 1 is 1.30 bits per heavy atom. The highest BCUT2D eigenvalue weighted by Crippen LogP contribution is 2.20. The van der Waals surface area contributed by atoms with E-state index in [-0.39, 0.29) is 36.3 Å². The number of hydrogen-bond donors (Lipinski definition) is 2. The molecule has 7 heteroatoms. The highest BCUT2D eigenvalue weighted by Gasteiger charge is 2.08. The summed E-state index contributed by atoms with van der Waals surface area (Å²) in [6.07, 6.45) is 4.94. The molecule has 0 atom stereocenters. The SMILES string of the molecule is C/C=C/CCNC(=NCc1ccccc1OC(F)F)NCC.I. The van der Waals surface area contributed by atoms with E-state index in [0.717, 1.165) is 19.5 Å². The van der Waals surface area contributed by atoms with Crippen LogP contribution in [0.25, 0.3) is 0 Å². The first-order valence-corrected chi connectivity index (χ1v) is 7.33. The van der Waals surface area contributed by atoms with E-state index in [0.29, 0.717) is 11.5 Å². The van der Waals surface area contributed by atoms with Gasteiger partial charge in [0.15, 0.2) is 5.96 Å². The second-order valence-electron chi connectivity index (χ2n) is 4.47. The van der Waals surface area contributed by atoms with E-state index in [1.165, 1.54) is 6.07 Å². The maximum absolute atomic E-state index is 12.4. The van der Waals surface area contributed by atoms with Gasteiger partial charge < -0.3 is 15.4 Å². The van der Waals surface area contributed by atoms with Crippen LogP contribution in [0.15, 0.2) is 41.4 Å². The highest BCUT2D eigenvalue weighted by molar-refractivity contribution is 14.0. The Bertz CT molecular complexity index is 496. The lowest BCUT2D eigenvalue weighted by Gasteiger charge is -2.12. The lowest BCUT2D eigenvalue weighted by molar-refractivity contribution is -0.0504. The van der Waals surface area contributed by atoms with Crippen molar-refractivity contribution in [2.45, 2.75) is 33.4 Å². The number of ether oxygens (including phenoxy) is 1. The Morgan fingerprint density at radius 2 is 2.04 bits per heavy atom. The van der Waals surface area contributed by atoms with E-state index in [1.54, 1.807) is 18.2 Å². The lowest BCUT2D eigenvalue weighted by atomic mass is 10.2. The minimum atomic E-state index is -2.84. The van der Waals surface area contributed by atoms with Gasteiger partial charge in [0, 0.05) is 18.7 Å². The Labute approximate surface area is 153 Å². The second kappa shape index (κ2) is 13.1. The molecule has 0 aliphatic rings. The Hall–Kier alpha value is -1.38. The van der Waals surface area contributed by atoms with Crippen molar-refractivity contribution in [3.63, 3.8) is 0 Å². The van der Waals surface area contributed by atoms with Gasteiger partial charge in [-0.1, -0.05) is 30.4 Å². The second-order valence-corrected chi connectivity index (χ2v) is 4.47. The molecule has 1 rings (SSSR count). The number of nitrogens with one attached hydrogen (secondary N) is 2. The number of aliphatic imine (C=N–C) groups is 1. The van der Waals surface area contributed by atoms with Crippen molar-refractivity contribution in [3.05, 3.63) is 42.0 Å². The van der Waals surface area contributed by atoms with Crippen LogP contribution in [-0.2, 0) is 6.54 Å². The zero-order valence-corrected chi connectivity index (χ0v) is 15.7. The number of para-hydroxylation sites is 1. The predicted octanol–water partition coefficient (Wildman–Crippen LogP) is 3.93. The van der Waals surface area contributed by atoms with Crippen LogP contribution >= 0.6 is 24.0 Å². The molecule has 1 aromatic carbocycles. The number of hydrogen-bond acceptors (Lipinski definition) is 2. The van der Waals surface area contributed by atoms with E-state index < -0.39 is 6.61 Å². The molecule has 130 valence electrons. The molecular formula is C16H24F2IN3O. The van der Waals surface area contributed by atoms with Crippen LogP contribution in [0.2, 0.25) is 0 Å². The number of allylic oxidation sites excluding steroid dienone is 1. The first-order valence-electron chi connectivity index (χ1n) is 7.33. The van der Waals surface area contributed by atoms with Gasteiger partial charge in [-0.3, -0.25) is 0 Å². The molecule has 23 heavy (non-hydrogen) atoms. The number of benzene rings is 1. The number of halogens is 3. The van der Waals surface area contributed by atoms with Crippen molar-refractivity contribution in [1.29, 1.82) is 0 Å². The molecule has 0 spiro atoms. The summed E-state index contributed by atoms with van der Waals surface area (Å²) in [5.74, 6) is 0.810. The van der Waals surface area contributed by atoms with Gasteiger partial charge in [0.05, 0.1) is 6.54 Å². The summed E-state index contributed by atoms with van der Waals surface area (Å²) < 4.78 is 29.2. The average molecular weight is 439 g/mol. The summed E-state index contributed by atoms with van der Waals surface area (Å²) in [5.41, 5.74) is 0.619. The molecule has 0 radical (unpaired) electrons. The van der Waals surface area contributed by atoms with Gasteiger partial charge in [-0.15, -0.1) is 24.0 Å². The van der Waals surface area contributed by atoms with Gasteiger partial charge in [-0.2, -0.15) is 8.78 Å². The van der Waals surface area contributed by atoms with Crippen molar-refractivity contribution in [2.75, 3.05) is 13.1 Å². The van der Waals surface area contributed by atoms with Crippen LogP contribution < -0.4 is 15.4 Å². The minimum absolute atomic E-state index is 0. The first-order chi connectivity index (χ1) is 10.7. The van der Waals surface area contributed by atoms with Gasteiger partial charge in [-0.25, -0.2) is 4.99 Å². The van der Waals surface area contributed by atoms with Crippen molar-refractivity contribution in [1.82, 2.24) is 10.6 Å².